The maximum Gasteiger partial charge on any atom is 0.329 e. The lowest BCUT2D eigenvalue weighted by molar-refractivity contribution is -0.146. The molecule has 7 heteroatoms. The minimum Gasteiger partial charge on any atom is -0.480 e. The van der Waals surface area contributed by atoms with Crippen LogP contribution in [0.2, 0.25) is 0 Å². The zero-order valence-corrected chi connectivity index (χ0v) is 11.9. The molecule has 5 N–H and O–H groups in total. The Morgan fingerprint density at radius 2 is 1.90 bits per heavy atom. The van der Waals surface area contributed by atoms with Crippen LogP contribution >= 0.6 is 0 Å². The molecule has 0 bridgehead atoms. The van der Waals surface area contributed by atoms with Crippen molar-refractivity contribution in [3.05, 3.63) is 0 Å². The number of carboxylic acids is 1. The van der Waals surface area contributed by atoms with E-state index in [1.165, 1.54) is 0 Å². The van der Waals surface area contributed by atoms with E-state index in [4.69, 9.17) is 5.73 Å². The molecule has 0 saturated heterocycles. The van der Waals surface area contributed by atoms with E-state index in [0.717, 1.165) is 12.8 Å². The summed E-state index contributed by atoms with van der Waals surface area (Å²) in [6, 6.07) is -1.00. The number of carboxylic acid groups (broad SMARTS) is 1. The zero-order chi connectivity index (χ0) is 15.3. The van der Waals surface area contributed by atoms with E-state index in [9.17, 15) is 19.5 Å². The van der Waals surface area contributed by atoms with Crippen molar-refractivity contribution in [2.75, 3.05) is 0 Å². The highest BCUT2D eigenvalue weighted by molar-refractivity contribution is 5.86. The zero-order valence-electron chi connectivity index (χ0n) is 11.9. The van der Waals surface area contributed by atoms with Gasteiger partial charge in [-0.15, -0.1) is 0 Å². The van der Waals surface area contributed by atoms with Crippen molar-refractivity contribution >= 4 is 17.9 Å². The Bertz CT molecular complexity index is 389. The van der Waals surface area contributed by atoms with Gasteiger partial charge in [0.25, 0.3) is 0 Å². The highest BCUT2D eigenvalue weighted by atomic mass is 16.4. The molecule has 0 radical (unpaired) electrons. The summed E-state index contributed by atoms with van der Waals surface area (Å²) in [4.78, 5) is 34.1. The lowest BCUT2D eigenvalue weighted by atomic mass is 9.77. The quantitative estimate of drug-likeness (QED) is 0.590. The summed E-state index contributed by atoms with van der Waals surface area (Å²) in [6.07, 6.45) is 2.39. The van der Waals surface area contributed by atoms with Gasteiger partial charge in [-0.25, -0.2) is 9.59 Å². The Labute approximate surface area is 118 Å². The Kier molecular flexibility index (Phi) is 5.35. The molecule has 0 aliphatic heterocycles. The summed E-state index contributed by atoms with van der Waals surface area (Å²) >= 11 is 0. The van der Waals surface area contributed by atoms with Crippen molar-refractivity contribution < 1.29 is 19.5 Å². The second-order valence-electron chi connectivity index (χ2n) is 5.74. The molecule has 0 spiro atoms. The van der Waals surface area contributed by atoms with Crippen LogP contribution in [0.4, 0.5) is 4.79 Å². The first-order valence-corrected chi connectivity index (χ1v) is 6.85. The standard InChI is InChI=1S/C13H23N3O4/c1-8-3-5-13(6-4-8,11(18)19)16-12(20)15-9(2)7-10(14)17/h8-9H,3-7H2,1-2H3,(H2,14,17)(H,18,19)(H2,15,16,20). The lowest BCUT2D eigenvalue weighted by Gasteiger charge is -2.36. The average molecular weight is 285 g/mol. The van der Waals surface area contributed by atoms with Crippen LogP contribution in [0.25, 0.3) is 0 Å². The summed E-state index contributed by atoms with van der Waals surface area (Å²) in [5.74, 6) is -1.06. The topological polar surface area (TPSA) is 122 Å². The number of aliphatic carboxylic acids is 1. The lowest BCUT2D eigenvalue weighted by Crippen LogP contribution is -2.59. The molecule has 1 aliphatic rings. The van der Waals surface area contributed by atoms with Crippen molar-refractivity contribution in [1.82, 2.24) is 10.6 Å². The van der Waals surface area contributed by atoms with Crippen LogP contribution in [0.5, 0.6) is 0 Å². The van der Waals surface area contributed by atoms with Crippen molar-refractivity contribution in [1.29, 1.82) is 0 Å². The third kappa shape index (κ3) is 4.40. The Morgan fingerprint density at radius 1 is 1.35 bits per heavy atom. The number of amides is 3. The SMILES string of the molecule is CC1CCC(NC(=O)NC(C)CC(N)=O)(C(=O)O)CC1. The molecule has 7 nitrogen and oxygen atoms in total. The molecule has 20 heavy (non-hydrogen) atoms. The Hall–Kier alpha value is -1.79. The van der Waals surface area contributed by atoms with Gasteiger partial charge >= 0.3 is 12.0 Å². The van der Waals surface area contributed by atoms with Gasteiger partial charge in [0, 0.05) is 12.5 Å². The van der Waals surface area contributed by atoms with E-state index < -0.39 is 29.5 Å². The average Bonchev–Trinajstić information content (AvgIpc) is 2.30. The van der Waals surface area contributed by atoms with Gasteiger partial charge in [-0.1, -0.05) is 6.92 Å². The molecule has 1 unspecified atom stereocenters. The maximum atomic E-state index is 11.9. The van der Waals surface area contributed by atoms with Crippen LogP contribution < -0.4 is 16.4 Å². The number of rotatable bonds is 5. The summed E-state index contributed by atoms with van der Waals surface area (Å²) in [5, 5.41) is 14.5. The number of primary amides is 1. The molecular weight excluding hydrogens is 262 g/mol. The van der Waals surface area contributed by atoms with Crippen LogP contribution in [0.3, 0.4) is 0 Å². The van der Waals surface area contributed by atoms with E-state index in [-0.39, 0.29) is 6.42 Å². The molecule has 1 fully saturated rings. The minimum atomic E-state index is -1.21. The van der Waals surface area contributed by atoms with Gasteiger partial charge < -0.3 is 21.5 Å². The van der Waals surface area contributed by atoms with Crippen molar-refractivity contribution in [3.8, 4) is 0 Å². The fraction of sp³-hybridized carbons (Fsp3) is 0.769. The molecule has 1 atom stereocenters. The summed E-state index contributed by atoms with van der Waals surface area (Å²) in [5.41, 5.74) is 3.83. The molecule has 0 aromatic heterocycles. The highest BCUT2D eigenvalue weighted by Gasteiger charge is 2.42. The molecule has 1 saturated carbocycles. The van der Waals surface area contributed by atoms with Crippen LogP contribution in [0, 0.1) is 5.92 Å². The predicted octanol–water partition coefficient (Wildman–Crippen LogP) is 0.583. The van der Waals surface area contributed by atoms with Crippen molar-refractivity contribution in [2.45, 2.75) is 57.5 Å². The number of urea groups is 1. The highest BCUT2D eigenvalue weighted by Crippen LogP contribution is 2.32. The Morgan fingerprint density at radius 3 is 2.35 bits per heavy atom. The number of nitrogens with one attached hydrogen (secondary N) is 2. The fourth-order valence-electron chi connectivity index (χ4n) is 2.48. The first-order valence-electron chi connectivity index (χ1n) is 6.85. The molecule has 1 aliphatic carbocycles. The molecule has 3 amide bonds. The van der Waals surface area contributed by atoms with Crippen LogP contribution in [-0.2, 0) is 9.59 Å². The second kappa shape index (κ2) is 6.58. The first-order chi connectivity index (χ1) is 9.25. The van der Waals surface area contributed by atoms with Crippen LogP contribution in [-0.4, -0.2) is 34.6 Å². The van der Waals surface area contributed by atoms with E-state index >= 15 is 0 Å². The smallest absolute Gasteiger partial charge is 0.329 e. The summed E-state index contributed by atoms with van der Waals surface area (Å²) < 4.78 is 0. The van der Waals surface area contributed by atoms with Gasteiger partial charge in [0.2, 0.25) is 5.91 Å². The van der Waals surface area contributed by atoms with Gasteiger partial charge in [0.1, 0.15) is 5.54 Å². The van der Waals surface area contributed by atoms with Gasteiger partial charge in [-0.3, -0.25) is 4.79 Å². The molecule has 0 aromatic carbocycles. The number of carbonyl (C=O) groups is 3. The van der Waals surface area contributed by atoms with Crippen LogP contribution in [0.15, 0.2) is 0 Å². The first kappa shape index (κ1) is 16.3. The number of hydrogen-bond donors (Lipinski definition) is 4. The van der Waals surface area contributed by atoms with E-state index in [2.05, 4.69) is 17.6 Å². The predicted molar refractivity (Wildman–Crippen MR) is 72.9 cm³/mol. The Balaban J connectivity index is 2.60. The van der Waals surface area contributed by atoms with Crippen molar-refractivity contribution in [3.63, 3.8) is 0 Å². The minimum absolute atomic E-state index is 0.0184. The number of nitrogens with two attached hydrogens (primary N) is 1. The molecule has 0 aromatic rings. The van der Waals surface area contributed by atoms with Crippen molar-refractivity contribution in [2.24, 2.45) is 11.7 Å². The molecule has 0 heterocycles. The fourth-order valence-corrected chi connectivity index (χ4v) is 2.48. The second-order valence-corrected chi connectivity index (χ2v) is 5.74. The molecular formula is C13H23N3O4. The van der Waals surface area contributed by atoms with E-state index in [0.29, 0.717) is 18.8 Å². The largest absolute Gasteiger partial charge is 0.480 e. The monoisotopic (exact) mass is 285 g/mol. The third-order valence-electron chi connectivity index (χ3n) is 3.77. The van der Waals surface area contributed by atoms with Crippen LogP contribution in [0.1, 0.15) is 46.0 Å². The molecule has 114 valence electrons. The van der Waals surface area contributed by atoms with Gasteiger partial charge in [-0.2, -0.15) is 0 Å². The maximum absolute atomic E-state index is 11.9. The van der Waals surface area contributed by atoms with E-state index in [1.807, 2.05) is 0 Å². The normalized spacial score (nSPS) is 27.4. The van der Waals surface area contributed by atoms with E-state index in [1.54, 1.807) is 6.92 Å². The number of hydrogen-bond acceptors (Lipinski definition) is 3. The van der Waals surface area contributed by atoms with Gasteiger partial charge in [0.05, 0.1) is 0 Å². The van der Waals surface area contributed by atoms with Gasteiger partial charge in [-0.05, 0) is 38.5 Å². The summed E-state index contributed by atoms with van der Waals surface area (Å²) in [7, 11) is 0. The van der Waals surface area contributed by atoms with Gasteiger partial charge in [0.15, 0.2) is 0 Å². The third-order valence-corrected chi connectivity index (χ3v) is 3.77. The number of carbonyl (C=O) groups excluding carboxylic acids is 2. The molecule has 1 rings (SSSR count). The summed E-state index contributed by atoms with van der Waals surface area (Å²) in [6.45, 7) is 3.71.